The van der Waals surface area contributed by atoms with Gasteiger partial charge in [-0.2, -0.15) is 15.5 Å². The van der Waals surface area contributed by atoms with E-state index in [1.165, 1.54) is 0 Å². The van der Waals surface area contributed by atoms with Crippen molar-refractivity contribution in [3.05, 3.63) is 34.9 Å². The van der Waals surface area contributed by atoms with E-state index < -0.39 is 17.2 Å². The molecule has 0 aliphatic heterocycles. The molecular weight excluding hydrogens is 266 g/mol. The first-order chi connectivity index (χ1) is 9.49. The van der Waals surface area contributed by atoms with E-state index in [0.717, 1.165) is 12.1 Å². The van der Waals surface area contributed by atoms with Crippen molar-refractivity contribution >= 4 is 11.8 Å². The normalized spacial score (nSPS) is 9.80. The molecule has 0 atom stereocenters. The quantitative estimate of drug-likeness (QED) is 0.806. The number of nitrogens with two attached hydrogens (primary N) is 2. The third-order valence-electron chi connectivity index (χ3n) is 2.51. The largest absolute Gasteiger partial charge is 0.382 e. The van der Waals surface area contributed by atoms with Crippen molar-refractivity contribution in [3.63, 3.8) is 0 Å². The Kier molecular flexibility index (Phi) is 3.15. The van der Waals surface area contributed by atoms with Gasteiger partial charge >= 0.3 is 0 Å². The molecule has 2 rings (SSSR count). The van der Waals surface area contributed by atoms with Crippen LogP contribution in [-0.4, -0.2) is 9.97 Å². The highest BCUT2D eigenvalue weighted by atomic mass is 19.1. The lowest BCUT2D eigenvalue weighted by atomic mass is 10.0. The first-order valence-corrected chi connectivity index (χ1v) is 5.21. The number of aromatic nitrogens is 2. The molecular formula is C12H6F2N6. The molecule has 0 bridgehead atoms. The smallest absolute Gasteiger partial charge is 0.222 e. The molecule has 0 radical (unpaired) electrons. The molecule has 0 spiro atoms. The molecule has 0 saturated heterocycles. The maximum Gasteiger partial charge on any atom is 0.222 e. The third-order valence-corrected chi connectivity index (χ3v) is 2.51. The van der Waals surface area contributed by atoms with Crippen molar-refractivity contribution in [1.82, 2.24) is 9.97 Å². The zero-order chi connectivity index (χ0) is 14.9. The Morgan fingerprint density at radius 3 is 2.35 bits per heavy atom. The molecule has 0 fully saturated rings. The Balaban J connectivity index is 2.90. The van der Waals surface area contributed by atoms with Crippen LogP contribution in [-0.2, 0) is 0 Å². The fourth-order valence-corrected chi connectivity index (χ4v) is 1.64. The third kappa shape index (κ3) is 1.95. The molecule has 1 aromatic carbocycles. The Labute approximate surface area is 111 Å². The van der Waals surface area contributed by atoms with Gasteiger partial charge in [-0.25, -0.2) is 13.8 Å². The van der Waals surface area contributed by atoms with Crippen molar-refractivity contribution in [3.8, 4) is 23.4 Å². The molecule has 1 heterocycles. The summed E-state index contributed by atoms with van der Waals surface area (Å²) in [5.41, 5.74) is 9.12. The van der Waals surface area contributed by atoms with Crippen molar-refractivity contribution in [1.29, 1.82) is 10.5 Å². The number of rotatable bonds is 1. The monoisotopic (exact) mass is 272 g/mol. The standard InChI is InChI=1S/C12H6F2N6/c13-7-2-1-5(3-15)9(14)8(7)10-6(4-16)11(17)20-12(18)19-10/h1-2H,(H4,17,18,19,20). The fourth-order valence-electron chi connectivity index (χ4n) is 1.64. The van der Waals surface area contributed by atoms with Crippen LogP contribution in [0.3, 0.4) is 0 Å². The number of benzene rings is 1. The minimum absolute atomic E-state index is 0.295. The zero-order valence-corrected chi connectivity index (χ0v) is 9.85. The van der Waals surface area contributed by atoms with Crippen LogP contribution in [0, 0.1) is 34.3 Å². The summed E-state index contributed by atoms with van der Waals surface area (Å²) in [6.07, 6.45) is 0. The highest BCUT2D eigenvalue weighted by Crippen LogP contribution is 2.31. The van der Waals surface area contributed by atoms with E-state index in [-0.39, 0.29) is 28.6 Å². The van der Waals surface area contributed by atoms with Crippen molar-refractivity contribution < 1.29 is 8.78 Å². The Hall–Kier alpha value is -3.26. The van der Waals surface area contributed by atoms with Crippen LogP contribution in [0.2, 0.25) is 0 Å². The van der Waals surface area contributed by atoms with Crippen LogP contribution < -0.4 is 11.5 Å². The summed E-state index contributed by atoms with van der Waals surface area (Å²) in [6, 6.07) is 5.10. The minimum atomic E-state index is -1.14. The number of hydrogen-bond donors (Lipinski definition) is 2. The summed E-state index contributed by atoms with van der Waals surface area (Å²) < 4.78 is 27.9. The van der Waals surface area contributed by atoms with E-state index in [1.54, 1.807) is 12.1 Å². The molecule has 8 heteroatoms. The molecule has 0 aliphatic carbocycles. The van der Waals surface area contributed by atoms with Crippen LogP contribution in [0.5, 0.6) is 0 Å². The molecule has 6 nitrogen and oxygen atoms in total. The van der Waals surface area contributed by atoms with Gasteiger partial charge in [0.05, 0.1) is 11.1 Å². The van der Waals surface area contributed by atoms with Crippen LogP contribution in [0.1, 0.15) is 11.1 Å². The van der Waals surface area contributed by atoms with Crippen LogP contribution >= 0.6 is 0 Å². The molecule has 1 aromatic heterocycles. The molecule has 0 saturated carbocycles. The van der Waals surface area contributed by atoms with Gasteiger partial charge < -0.3 is 11.5 Å². The van der Waals surface area contributed by atoms with Crippen molar-refractivity contribution in [2.45, 2.75) is 0 Å². The van der Waals surface area contributed by atoms with E-state index in [0.29, 0.717) is 0 Å². The Morgan fingerprint density at radius 2 is 1.75 bits per heavy atom. The highest BCUT2D eigenvalue weighted by Gasteiger charge is 2.22. The number of halogens is 2. The zero-order valence-electron chi connectivity index (χ0n) is 9.85. The van der Waals surface area contributed by atoms with Gasteiger partial charge in [0, 0.05) is 0 Å². The van der Waals surface area contributed by atoms with E-state index in [2.05, 4.69) is 9.97 Å². The van der Waals surface area contributed by atoms with Gasteiger partial charge in [0.15, 0.2) is 5.82 Å². The summed E-state index contributed by atoms with van der Waals surface area (Å²) in [6.45, 7) is 0. The van der Waals surface area contributed by atoms with Gasteiger partial charge in [-0.1, -0.05) is 0 Å². The summed E-state index contributed by atoms with van der Waals surface area (Å²) >= 11 is 0. The van der Waals surface area contributed by atoms with Gasteiger partial charge in [-0.3, -0.25) is 0 Å². The maximum absolute atomic E-state index is 14.1. The Morgan fingerprint density at radius 1 is 1.05 bits per heavy atom. The molecule has 0 unspecified atom stereocenters. The average molecular weight is 272 g/mol. The molecule has 4 N–H and O–H groups in total. The van der Waals surface area contributed by atoms with Gasteiger partial charge in [-0.15, -0.1) is 0 Å². The predicted molar refractivity (Wildman–Crippen MR) is 65.6 cm³/mol. The van der Waals surface area contributed by atoms with Crippen LogP contribution in [0.15, 0.2) is 12.1 Å². The second-order valence-corrected chi connectivity index (χ2v) is 3.70. The Bertz CT molecular complexity index is 788. The van der Waals surface area contributed by atoms with E-state index in [4.69, 9.17) is 22.0 Å². The second-order valence-electron chi connectivity index (χ2n) is 3.70. The lowest BCUT2D eigenvalue weighted by molar-refractivity contribution is 0.586. The molecule has 0 amide bonds. The molecule has 98 valence electrons. The molecule has 0 aliphatic rings. The topological polar surface area (TPSA) is 125 Å². The molecule has 20 heavy (non-hydrogen) atoms. The highest BCUT2D eigenvalue weighted by molar-refractivity contribution is 5.74. The number of anilines is 2. The van der Waals surface area contributed by atoms with Gasteiger partial charge in [0.1, 0.15) is 35.0 Å². The maximum atomic E-state index is 14.1. The number of nitriles is 2. The number of hydrogen-bond acceptors (Lipinski definition) is 6. The minimum Gasteiger partial charge on any atom is -0.382 e. The summed E-state index contributed by atoms with van der Waals surface area (Å²) in [5.74, 6) is -2.76. The first kappa shape index (κ1) is 13.2. The lowest BCUT2D eigenvalue weighted by Crippen LogP contribution is -2.07. The van der Waals surface area contributed by atoms with E-state index in [1.807, 2.05) is 0 Å². The summed E-state index contributed by atoms with van der Waals surface area (Å²) in [5, 5.41) is 17.8. The predicted octanol–water partition coefficient (Wildman–Crippen LogP) is 1.33. The first-order valence-electron chi connectivity index (χ1n) is 5.21. The SMILES string of the molecule is N#Cc1ccc(F)c(-c2nc(N)nc(N)c2C#N)c1F. The fraction of sp³-hybridized carbons (Fsp3) is 0. The van der Waals surface area contributed by atoms with Crippen molar-refractivity contribution in [2.24, 2.45) is 0 Å². The number of nitrogen functional groups attached to an aromatic ring is 2. The van der Waals surface area contributed by atoms with E-state index >= 15 is 0 Å². The van der Waals surface area contributed by atoms with E-state index in [9.17, 15) is 8.78 Å². The second kappa shape index (κ2) is 4.78. The average Bonchev–Trinajstić information content (AvgIpc) is 2.38. The molecule has 2 aromatic rings. The van der Waals surface area contributed by atoms with Crippen LogP contribution in [0.25, 0.3) is 11.3 Å². The van der Waals surface area contributed by atoms with Crippen LogP contribution in [0.4, 0.5) is 20.5 Å². The van der Waals surface area contributed by atoms with Crippen molar-refractivity contribution in [2.75, 3.05) is 11.5 Å². The van der Waals surface area contributed by atoms with Gasteiger partial charge in [0.25, 0.3) is 0 Å². The summed E-state index contributed by atoms with van der Waals surface area (Å²) in [4.78, 5) is 7.19. The van der Waals surface area contributed by atoms with Gasteiger partial charge in [0.2, 0.25) is 5.95 Å². The van der Waals surface area contributed by atoms with Gasteiger partial charge in [-0.05, 0) is 12.1 Å². The summed E-state index contributed by atoms with van der Waals surface area (Å²) in [7, 11) is 0. The number of nitrogens with zero attached hydrogens (tertiary/aromatic N) is 4. The lowest BCUT2D eigenvalue weighted by Gasteiger charge is -2.09.